The van der Waals surface area contributed by atoms with Crippen molar-refractivity contribution in [3.8, 4) is 0 Å². The van der Waals surface area contributed by atoms with Gasteiger partial charge in [0, 0.05) is 11.6 Å². The van der Waals surface area contributed by atoms with Gasteiger partial charge in [-0.25, -0.2) is 4.98 Å². The van der Waals surface area contributed by atoms with Gasteiger partial charge in [-0.3, -0.25) is 0 Å². The topological polar surface area (TPSA) is 17.8 Å². The van der Waals surface area contributed by atoms with E-state index in [1.54, 1.807) is 0 Å². The van der Waals surface area contributed by atoms with E-state index in [0.29, 0.717) is 10.3 Å². The largest absolute Gasteiger partial charge is 0.315 e. The van der Waals surface area contributed by atoms with Crippen molar-refractivity contribution in [2.45, 2.75) is 19.9 Å². The van der Waals surface area contributed by atoms with E-state index in [1.807, 2.05) is 22.8 Å². The van der Waals surface area contributed by atoms with Crippen molar-refractivity contribution < 1.29 is 0 Å². The van der Waals surface area contributed by atoms with Crippen LogP contribution in [0.2, 0.25) is 10.3 Å². The van der Waals surface area contributed by atoms with Crippen LogP contribution in [0.3, 0.4) is 0 Å². The average molecular weight is 229 g/mol. The van der Waals surface area contributed by atoms with E-state index in [0.717, 1.165) is 24.0 Å². The van der Waals surface area contributed by atoms with Crippen LogP contribution < -0.4 is 0 Å². The lowest BCUT2D eigenvalue weighted by Crippen LogP contribution is -1.95. The van der Waals surface area contributed by atoms with Gasteiger partial charge in [-0.05, 0) is 36.2 Å². The summed E-state index contributed by atoms with van der Waals surface area (Å²) in [5.41, 5.74) is 1.90. The van der Waals surface area contributed by atoms with Crippen molar-refractivity contribution >= 4 is 34.2 Å². The molecule has 0 N–H and O–H groups in total. The quantitative estimate of drug-likeness (QED) is 0.766. The van der Waals surface area contributed by atoms with Crippen LogP contribution in [0.4, 0.5) is 0 Å². The molecule has 0 atom stereocenters. The molecule has 0 amide bonds. The van der Waals surface area contributed by atoms with Crippen LogP contribution in [0.1, 0.15) is 13.3 Å². The fourth-order valence-electron chi connectivity index (χ4n) is 1.50. The Balaban J connectivity index is 2.66. The van der Waals surface area contributed by atoms with Crippen LogP contribution in [0.5, 0.6) is 0 Å². The fourth-order valence-corrected chi connectivity index (χ4v) is 1.94. The number of imidazole rings is 1. The smallest absolute Gasteiger partial charge is 0.203 e. The second-order valence-electron chi connectivity index (χ2n) is 3.17. The van der Waals surface area contributed by atoms with E-state index < -0.39 is 0 Å². The molecule has 2 aromatic rings. The predicted molar refractivity (Wildman–Crippen MR) is 60.0 cm³/mol. The van der Waals surface area contributed by atoms with Crippen LogP contribution >= 0.6 is 23.2 Å². The van der Waals surface area contributed by atoms with Gasteiger partial charge in [-0.15, -0.1) is 0 Å². The van der Waals surface area contributed by atoms with E-state index >= 15 is 0 Å². The lowest BCUT2D eigenvalue weighted by atomic mass is 10.3. The molecular formula is C10H10Cl2N2. The molecule has 4 heteroatoms. The first-order valence-electron chi connectivity index (χ1n) is 4.53. The lowest BCUT2D eigenvalue weighted by Gasteiger charge is -2.02. The maximum absolute atomic E-state index is 6.01. The summed E-state index contributed by atoms with van der Waals surface area (Å²) in [5.74, 6) is 0. The summed E-state index contributed by atoms with van der Waals surface area (Å²) in [4.78, 5) is 4.24. The Bertz CT molecular complexity index is 462. The van der Waals surface area contributed by atoms with Gasteiger partial charge in [0.05, 0.1) is 11.0 Å². The molecule has 0 fully saturated rings. The van der Waals surface area contributed by atoms with Gasteiger partial charge in [0.2, 0.25) is 5.28 Å². The van der Waals surface area contributed by atoms with Gasteiger partial charge in [0.15, 0.2) is 0 Å². The van der Waals surface area contributed by atoms with Gasteiger partial charge in [-0.2, -0.15) is 0 Å². The summed E-state index contributed by atoms with van der Waals surface area (Å²) in [5, 5.41) is 1.25. The number of hydrogen-bond donors (Lipinski definition) is 0. The SMILES string of the molecule is CCCn1c(Cl)nc2ccc(Cl)cc21. The molecular weight excluding hydrogens is 219 g/mol. The number of nitrogens with zero attached hydrogens (tertiary/aromatic N) is 2. The Morgan fingerprint density at radius 3 is 2.86 bits per heavy atom. The number of benzene rings is 1. The average Bonchev–Trinajstić information content (AvgIpc) is 2.45. The monoisotopic (exact) mass is 228 g/mol. The van der Waals surface area contributed by atoms with Crippen LogP contribution in [-0.4, -0.2) is 9.55 Å². The Morgan fingerprint density at radius 2 is 2.14 bits per heavy atom. The molecule has 0 radical (unpaired) electrons. The zero-order valence-electron chi connectivity index (χ0n) is 7.80. The second-order valence-corrected chi connectivity index (χ2v) is 3.94. The highest BCUT2D eigenvalue weighted by atomic mass is 35.5. The molecule has 1 aromatic heterocycles. The van der Waals surface area contributed by atoms with Gasteiger partial charge in [0.1, 0.15) is 0 Å². The third-order valence-electron chi connectivity index (χ3n) is 2.11. The molecule has 14 heavy (non-hydrogen) atoms. The number of aromatic nitrogens is 2. The Morgan fingerprint density at radius 1 is 1.36 bits per heavy atom. The van der Waals surface area contributed by atoms with Gasteiger partial charge in [0.25, 0.3) is 0 Å². The zero-order chi connectivity index (χ0) is 10.1. The van der Waals surface area contributed by atoms with Gasteiger partial charge < -0.3 is 4.57 Å². The van der Waals surface area contributed by atoms with Crippen LogP contribution in [0.25, 0.3) is 11.0 Å². The molecule has 0 unspecified atom stereocenters. The lowest BCUT2D eigenvalue weighted by molar-refractivity contribution is 0.698. The van der Waals surface area contributed by atoms with Crippen LogP contribution in [0.15, 0.2) is 18.2 Å². The van der Waals surface area contributed by atoms with Gasteiger partial charge >= 0.3 is 0 Å². The molecule has 0 aliphatic carbocycles. The number of fused-ring (bicyclic) bond motifs is 1. The molecule has 1 aromatic carbocycles. The number of aryl methyl sites for hydroxylation is 1. The third kappa shape index (κ3) is 1.60. The number of hydrogen-bond acceptors (Lipinski definition) is 1. The summed E-state index contributed by atoms with van der Waals surface area (Å²) in [6.07, 6.45) is 1.03. The summed E-state index contributed by atoms with van der Waals surface area (Å²) < 4.78 is 1.97. The maximum Gasteiger partial charge on any atom is 0.203 e. The van der Waals surface area contributed by atoms with Crippen LogP contribution in [-0.2, 0) is 6.54 Å². The first-order chi connectivity index (χ1) is 6.72. The highest BCUT2D eigenvalue weighted by Gasteiger charge is 2.07. The molecule has 0 aliphatic heterocycles. The summed E-state index contributed by atoms with van der Waals surface area (Å²) >= 11 is 11.9. The van der Waals surface area contributed by atoms with Crippen molar-refractivity contribution in [3.05, 3.63) is 28.5 Å². The molecule has 0 saturated carbocycles. The molecule has 0 bridgehead atoms. The van der Waals surface area contributed by atoms with E-state index in [2.05, 4.69) is 11.9 Å². The van der Waals surface area contributed by atoms with Crippen molar-refractivity contribution in [3.63, 3.8) is 0 Å². The highest BCUT2D eigenvalue weighted by Crippen LogP contribution is 2.23. The summed E-state index contributed by atoms with van der Waals surface area (Å²) in [6, 6.07) is 5.60. The second kappa shape index (κ2) is 3.79. The molecule has 74 valence electrons. The molecule has 2 rings (SSSR count). The fraction of sp³-hybridized carbons (Fsp3) is 0.300. The first-order valence-corrected chi connectivity index (χ1v) is 5.29. The molecule has 0 aliphatic rings. The molecule has 0 spiro atoms. The van der Waals surface area contributed by atoms with E-state index in [1.165, 1.54) is 0 Å². The minimum absolute atomic E-state index is 0.532. The van der Waals surface area contributed by atoms with E-state index in [9.17, 15) is 0 Å². The minimum atomic E-state index is 0.532. The number of rotatable bonds is 2. The first kappa shape index (κ1) is 9.81. The van der Waals surface area contributed by atoms with E-state index in [-0.39, 0.29) is 0 Å². The normalized spacial score (nSPS) is 11.1. The Hall–Kier alpha value is -0.730. The minimum Gasteiger partial charge on any atom is -0.315 e. The van der Waals surface area contributed by atoms with Crippen molar-refractivity contribution in [1.82, 2.24) is 9.55 Å². The summed E-state index contributed by atoms with van der Waals surface area (Å²) in [7, 11) is 0. The molecule has 0 saturated heterocycles. The highest BCUT2D eigenvalue weighted by molar-refractivity contribution is 6.31. The predicted octanol–water partition coefficient (Wildman–Crippen LogP) is 3.75. The Labute approximate surface area is 92.5 Å². The van der Waals surface area contributed by atoms with Crippen LogP contribution in [0, 0.1) is 0 Å². The molecule has 1 heterocycles. The Kier molecular flexibility index (Phi) is 2.66. The standard InChI is InChI=1S/C10H10Cl2N2/c1-2-5-14-9-6-7(11)3-4-8(9)13-10(14)12/h3-4,6H,2,5H2,1H3. The molecule has 2 nitrogen and oxygen atoms in total. The maximum atomic E-state index is 6.01. The zero-order valence-corrected chi connectivity index (χ0v) is 9.31. The summed E-state index contributed by atoms with van der Waals surface area (Å²) in [6.45, 7) is 2.97. The van der Waals surface area contributed by atoms with Gasteiger partial charge in [-0.1, -0.05) is 18.5 Å². The number of halogens is 2. The van der Waals surface area contributed by atoms with E-state index in [4.69, 9.17) is 23.2 Å². The van der Waals surface area contributed by atoms with Crippen molar-refractivity contribution in [2.75, 3.05) is 0 Å². The van der Waals surface area contributed by atoms with Crippen molar-refractivity contribution in [1.29, 1.82) is 0 Å². The van der Waals surface area contributed by atoms with Crippen molar-refractivity contribution in [2.24, 2.45) is 0 Å². The third-order valence-corrected chi connectivity index (χ3v) is 2.63.